The number of morpholine rings is 1. The number of benzene rings is 1. The van der Waals surface area contributed by atoms with Gasteiger partial charge in [0, 0.05) is 19.2 Å². The predicted molar refractivity (Wildman–Crippen MR) is 84.0 cm³/mol. The molecule has 1 fully saturated rings. The lowest BCUT2D eigenvalue weighted by molar-refractivity contribution is 0.0301. The number of para-hydroxylation sites is 1. The van der Waals surface area contributed by atoms with E-state index in [9.17, 15) is 4.79 Å². The SMILES string of the molecule is COc1ccc(Oc2ccccc2C(=O)N2CCOCC2)cn1. The van der Waals surface area contributed by atoms with Crippen molar-refractivity contribution in [1.82, 2.24) is 9.88 Å². The van der Waals surface area contributed by atoms with E-state index in [0.717, 1.165) is 0 Å². The second kappa shape index (κ2) is 7.11. The van der Waals surface area contributed by atoms with Gasteiger partial charge in [0.1, 0.15) is 11.5 Å². The average molecular weight is 314 g/mol. The zero-order valence-electron chi connectivity index (χ0n) is 12.9. The van der Waals surface area contributed by atoms with Gasteiger partial charge in [0.2, 0.25) is 5.88 Å². The van der Waals surface area contributed by atoms with E-state index in [1.807, 2.05) is 12.1 Å². The Labute approximate surface area is 134 Å². The third kappa shape index (κ3) is 3.60. The lowest BCUT2D eigenvalue weighted by atomic mass is 10.1. The van der Waals surface area contributed by atoms with Crippen molar-refractivity contribution >= 4 is 5.91 Å². The summed E-state index contributed by atoms with van der Waals surface area (Å²) in [5.74, 6) is 1.52. The van der Waals surface area contributed by atoms with Crippen LogP contribution in [0.25, 0.3) is 0 Å². The van der Waals surface area contributed by atoms with Crippen molar-refractivity contribution in [3.63, 3.8) is 0 Å². The number of aromatic nitrogens is 1. The van der Waals surface area contributed by atoms with Gasteiger partial charge in [-0.1, -0.05) is 12.1 Å². The molecule has 1 amide bonds. The lowest BCUT2D eigenvalue weighted by Gasteiger charge is -2.27. The maximum atomic E-state index is 12.7. The average Bonchev–Trinajstić information content (AvgIpc) is 2.63. The Hall–Kier alpha value is -2.60. The first-order valence-electron chi connectivity index (χ1n) is 7.42. The summed E-state index contributed by atoms with van der Waals surface area (Å²) >= 11 is 0. The molecule has 0 radical (unpaired) electrons. The summed E-state index contributed by atoms with van der Waals surface area (Å²) in [7, 11) is 1.55. The van der Waals surface area contributed by atoms with Crippen LogP contribution in [0.3, 0.4) is 0 Å². The van der Waals surface area contributed by atoms with Crippen LogP contribution in [0.5, 0.6) is 17.4 Å². The summed E-state index contributed by atoms with van der Waals surface area (Å²) < 4.78 is 16.1. The highest BCUT2D eigenvalue weighted by Crippen LogP contribution is 2.26. The van der Waals surface area contributed by atoms with Crippen LogP contribution in [-0.4, -0.2) is 49.2 Å². The quantitative estimate of drug-likeness (QED) is 0.867. The second-order valence-corrected chi connectivity index (χ2v) is 5.04. The maximum absolute atomic E-state index is 12.7. The van der Waals surface area contributed by atoms with E-state index in [1.165, 1.54) is 0 Å². The van der Waals surface area contributed by atoms with E-state index in [2.05, 4.69) is 4.98 Å². The molecule has 1 aromatic carbocycles. The minimum Gasteiger partial charge on any atom is -0.481 e. The Bertz CT molecular complexity index is 667. The van der Waals surface area contributed by atoms with Gasteiger partial charge in [-0.15, -0.1) is 0 Å². The van der Waals surface area contributed by atoms with Gasteiger partial charge in [0.15, 0.2) is 0 Å². The minimum absolute atomic E-state index is 0.0506. The molecule has 1 aliphatic heterocycles. The summed E-state index contributed by atoms with van der Waals surface area (Å²) in [5, 5.41) is 0. The van der Waals surface area contributed by atoms with Crippen molar-refractivity contribution in [2.75, 3.05) is 33.4 Å². The molecule has 23 heavy (non-hydrogen) atoms. The molecule has 2 aromatic rings. The number of hydrogen-bond acceptors (Lipinski definition) is 5. The van der Waals surface area contributed by atoms with Gasteiger partial charge in [0.25, 0.3) is 5.91 Å². The van der Waals surface area contributed by atoms with Crippen molar-refractivity contribution in [2.24, 2.45) is 0 Å². The second-order valence-electron chi connectivity index (χ2n) is 5.04. The van der Waals surface area contributed by atoms with E-state index in [4.69, 9.17) is 14.2 Å². The Balaban J connectivity index is 1.80. The van der Waals surface area contributed by atoms with Gasteiger partial charge in [-0.3, -0.25) is 4.79 Å². The van der Waals surface area contributed by atoms with Crippen LogP contribution in [0.4, 0.5) is 0 Å². The van der Waals surface area contributed by atoms with E-state index < -0.39 is 0 Å². The van der Waals surface area contributed by atoms with E-state index >= 15 is 0 Å². The summed E-state index contributed by atoms with van der Waals surface area (Å²) in [4.78, 5) is 18.5. The summed E-state index contributed by atoms with van der Waals surface area (Å²) in [6.07, 6.45) is 1.56. The molecule has 3 rings (SSSR count). The minimum atomic E-state index is -0.0506. The zero-order chi connectivity index (χ0) is 16.1. The summed E-state index contributed by atoms with van der Waals surface area (Å²) in [5.41, 5.74) is 0.533. The molecule has 0 aliphatic carbocycles. The van der Waals surface area contributed by atoms with Gasteiger partial charge in [0.05, 0.1) is 32.1 Å². The van der Waals surface area contributed by atoms with Crippen molar-refractivity contribution in [1.29, 1.82) is 0 Å². The van der Waals surface area contributed by atoms with Gasteiger partial charge < -0.3 is 19.1 Å². The first kappa shape index (κ1) is 15.3. The number of carbonyl (C=O) groups is 1. The molecule has 0 atom stereocenters. The fourth-order valence-corrected chi connectivity index (χ4v) is 2.34. The number of nitrogens with zero attached hydrogens (tertiary/aromatic N) is 2. The van der Waals surface area contributed by atoms with Crippen LogP contribution in [0.2, 0.25) is 0 Å². The molecular weight excluding hydrogens is 296 g/mol. The zero-order valence-corrected chi connectivity index (χ0v) is 12.9. The van der Waals surface area contributed by atoms with E-state index in [-0.39, 0.29) is 5.91 Å². The van der Waals surface area contributed by atoms with E-state index in [0.29, 0.717) is 49.2 Å². The van der Waals surface area contributed by atoms with Crippen molar-refractivity contribution in [2.45, 2.75) is 0 Å². The third-order valence-corrected chi connectivity index (χ3v) is 3.56. The van der Waals surface area contributed by atoms with E-state index in [1.54, 1.807) is 42.5 Å². The fourth-order valence-electron chi connectivity index (χ4n) is 2.34. The van der Waals surface area contributed by atoms with Crippen LogP contribution in [-0.2, 0) is 4.74 Å². The van der Waals surface area contributed by atoms with Crippen LogP contribution in [0, 0.1) is 0 Å². The highest BCUT2D eigenvalue weighted by molar-refractivity contribution is 5.97. The number of methoxy groups -OCH3 is 1. The van der Waals surface area contributed by atoms with Crippen molar-refractivity contribution < 1.29 is 19.0 Å². The van der Waals surface area contributed by atoms with Gasteiger partial charge >= 0.3 is 0 Å². The summed E-state index contributed by atoms with van der Waals surface area (Å²) in [6, 6.07) is 10.7. The normalized spacial score (nSPS) is 14.4. The Kier molecular flexibility index (Phi) is 4.73. The molecule has 0 saturated carbocycles. The molecule has 6 nitrogen and oxygen atoms in total. The van der Waals surface area contributed by atoms with Gasteiger partial charge in [-0.05, 0) is 18.2 Å². The molecule has 0 bridgehead atoms. The number of amides is 1. The molecule has 0 spiro atoms. The first-order chi connectivity index (χ1) is 11.3. The number of pyridine rings is 1. The maximum Gasteiger partial charge on any atom is 0.257 e. The molecule has 2 heterocycles. The standard InChI is InChI=1S/C17H18N2O4/c1-21-16-7-6-13(12-18-16)23-15-5-3-2-4-14(15)17(20)19-8-10-22-11-9-19/h2-7,12H,8-11H2,1H3. The largest absolute Gasteiger partial charge is 0.481 e. The van der Waals surface area contributed by atoms with Crippen molar-refractivity contribution in [3.8, 4) is 17.4 Å². The molecule has 6 heteroatoms. The predicted octanol–water partition coefficient (Wildman–Crippen LogP) is 2.35. The Morgan fingerprint density at radius 3 is 2.65 bits per heavy atom. The molecule has 1 aromatic heterocycles. The van der Waals surface area contributed by atoms with Gasteiger partial charge in [-0.25, -0.2) is 4.98 Å². The highest BCUT2D eigenvalue weighted by Gasteiger charge is 2.21. The Morgan fingerprint density at radius 2 is 1.96 bits per heavy atom. The summed E-state index contributed by atoms with van der Waals surface area (Å²) in [6.45, 7) is 2.32. The molecular formula is C17H18N2O4. The number of carbonyl (C=O) groups excluding carboxylic acids is 1. The molecule has 1 saturated heterocycles. The van der Waals surface area contributed by atoms with Crippen LogP contribution in [0.1, 0.15) is 10.4 Å². The number of hydrogen-bond donors (Lipinski definition) is 0. The molecule has 1 aliphatic rings. The van der Waals surface area contributed by atoms with Crippen molar-refractivity contribution in [3.05, 3.63) is 48.2 Å². The third-order valence-electron chi connectivity index (χ3n) is 3.56. The number of ether oxygens (including phenoxy) is 3. The smallest absolute Gasteiger partial charge is 0.257 e. The fraction of sp³-hybridized carbons (Fsp3) is 0.294. The van der Waals surface area contributed by atoms with Crippen LogP contribution in [0.15, 0.2) is 42.6 Å². The first-order valence-corrected chi connectivity index (χ1v) is 7.42. The van der Waals surface area contributed by atoms with Crippen LogP contribution < -0.4 is 9.47 Å². The van der Waals surface area contributed by atoms with Crippen LogP contribution >= 0.6 is 0 Å². The molecule has 120 valence electrons. The molecule has 0 unspecified atom stereocenters. The van der Waals surface area contributed by atoms with Gasteiger partial charge in [-0.2, -0.15) is 0 Å². The molecule has 0 N–H and O–H groups in total. The Morgan fingerprint density at radius 1 is 1.17 bits per heavy atom. The number of rotatable bonds is 4. The lowest BCUT2D eigenvalue weighted by Crippen LogP contribution is -2.40. The topological polar surface area (TPSA) is 60.9 Å². The monoisotopic (exact) mass is 314 g/mol. The highest BCUT2D eigenvalue weighted by atomic mass is 16.5.